The Morgan fingerprint density at radius 3 is 2.74 bits per heavy atom. The van der Waals surface area contributed by atoms with Crippen LogP contribution in [-0.2, 0) is 6.42 Å². The van der Waals surface area contributed by atoms with E-state index in [0.717, 1.165) is 6.42 Å². The molecule has 19 heavy (non-hydrogen) atoms. The molecule has 0 spiro atoms. The lowest BCUT2D eigenvalue weighted by Crippen LogP contribution is -2.32. The molecule has 0 aliphatic heterocycles. The van der Waals surface area contributed by atoms with Crippen LogP contribution in [0.2, 0.25) is 0 Å². The van der Waals surface area contributed by atoms with E-state index < -0.39 is 12.7 Å². The number of hydrogen-bond donors (Lipinski definition) is 1. The quantitative estimate of drug-likeness (QED) is 0.867. The second kappa shape index (κ2) is 5.92. The van der Waals surface area contributed by atoms with Gasteiger partial charge in [-0.1, -0.05) is 25.1 Å². The third-order valence-electron chi connectivity index (χ3n) is 2.95. The highest BCUT2D eigenvalue weighted by atomic mass is 32.1. The van der Waals surface area contributed by atoms with Crippen LogP contribution in [0.1, 0.15) is 12.5 Å². The Bertz CT molecular complexity index is 533. The topological polar surface area (TPSA) is 12.0 Å². The molecule has 0 aliphatic carbocycles. The molecular formula is C14H16F3NS. The summed E-state index contributed by atoms with van der Waals surface area (Å²) in [6.07, 6.45) is -3.33. The van der Waals surface area contributed by atoms with Gasteiger partial charge in [0.15, 0.2) is 0 Å². The first-order chi connectivity index (χ1) is 8.96. The van der Waals surface area contributed by atoms with E-state index in [0.29, 0.717) is 6.54 Å². The van der Waals surface area contributed by atoms with Gasteiger partial charge in [-0.25, -0.2) is 0 Å². The van der Waals surface area contributed by atoms with Crippen LogP contribution < -0.4 is 5.32 Å². The molecule has 0 saturated heterocycles. The summed E-state index contributed by atoms with van der Waals surface area (Å²) in [5, 5.41) is 5.78. The van der Waals surface area contributed by atoms with Crippen molar-refractivity contribution in [2.45, 2.75) is 19.5 Å². The van der Waals surface area contributed by atoms with Gasteiger partial charge in [0.05, 0.1) is 6.54 Å². The zero-order valence-electron chi connectivity index (χ0n) is 10.6. The van der Waals surface area contributed by atoms with Crippen molar-refractivity contribution in [3.63, 3.8) is 0 Å². The SMILES string of the molecule is CC(CNCC(F)(F)F)Cc1csc2ccccc12. The molecule has 0 radical (unpaired) electrons. The second-order valence-electron chi connectivity index (χ2n) is 4.81. The Labute approximate surface area is 114 Å². The van der Waals surface area contributed by atoms with E-state index in [2.05, 4.69) is 22.8 Å². The van der Waals surface area contributed by atoms with Crippen LogP contribution in [0, 0.1) is 5.92 Å². The summed E-state index contributed by atoms with van der Waals surface area (Å²) in [4.78, 5) is 0. The zero-order chi connectivity index (χ0) is 13.9. The Morgan fingerprint density at radius 1 is 1.26 bits per heavy atom. The third kappa shape index (κ3) is 4.21. The summed E-state index contributed by atoms with van der Waals surface area (Å²) in [7, 11) is 0. The van der Waals surface area contributed by atoms with Crippen LogP contribution >= 0.6 is 11.3 Å². The third-order valence-corrected chi connectivity index (χ3v) is 3.96. The van der Waals surface area contributed by atoms with Crippen molar-refractivity contribution < 1.29 is 13.2 Å². The van der Waals surface area contributed by atoms with Crippen LogP contribution in [-0.4, -0.2) is 19.3 Å². The molecule has 104 valence electrons. The molecule has 0 aliphatic rings. The van der Waals surface area contributed by atoms with E-state index in [4.69, 9.17) is 0 Å². The molecule has 1 unspecified atom stereocenters. The van der Waals surface area contributed by atoms with Crippen LogP contribution in [0.15, 0.2) is 29.6 Å². The molecule has 1 aromatic carbocycles. The molecular weight excluding hydrogens is 271 g/mol. The second-order valence-corrected chi connectivity index (χ2v) is 5.72. The smallest absolute Gasteiger partial charge is 0.308 e. The number of nitrogens with one attached hydrogen (secondary N) is 1. The molecule has 1 N–H and O–H groups in total. The Kier molecular flexibility index (Phi) is 4.47. The fourth-order valence-electron chi connectivity index (χ4n) is 2.10. The highest BCUT2D eigenvalue weighted by Gasteiger charge is 2.26. The minimum atomic E-state index is -4.13. The van der Waals surface area contributed by atoms with E-state index >= 15 is 0 Å². The Balaban J connectivity index is 1.90. The van der Waals surface area contributed by atoms with Crippen molar-refractivity contribution in [3.05, 3.63) is 35.2 Å². The molecule has 1 heterocycles. The fourth-order valence-corrected chi connectivity index (χ4v) is 3.07. The summed E-state index contributed by atoms with van der Waals surface area (Å²) >= 11 is 1.68. The molecule has 1 nitrogen and oxygen atoms in total. The lowest BCUT2D eigenvalue weighted by atomic mass is 10.0. The molecule has 1 aromatic heterocycles. The predicted octanol–water partition coefficient (Wildman–Crippen LogP) is 4.23. The molecule has 0 bridgehead atoms. The average molecular weight is 287 g/mol. The summed E-state index contributed by atoms with van der Waals surface area (Å²) < 4.78 is 37.3. The van der Waals surface area contributed by atoms with Crippen LogP contribution in [0.5, 0.6) is 0 Å². The predicted molar refractivity (Wildman–Crippen MR) is 73.6 cm³/mol. The van der Waals surface area contributed by atoms with Gasteiger partial charge in [0.25, 0.3) is 0 Å². The first-order valence-electron chi connectivity index (χ1n) is 6.18. The van der Waals surface area contributed by atoms with E-state index in [9.17, 15) is 13.2 Å². The molecule has 2 aromatic rings. The first kappa shape index (κ1) is 14.3. The number of thiophene rings is 1. The molecule has 5 heteroatoms. The zero-order valence-corrected chi connectivity index (χ0v) is 11.4. The summed E-state index contributed by atoms with van der Waals surface area (Å²) in [5.41, 5.74) is 1.22. The van der Waals surface area contributed by atoms with Crippen LogP contribution in [0.3, 0.4) is 0 Å². The molecule has 2 rings (SSSR count). The maximum atomic E-state index is 12.0. The van der Waals surface area contributed by atoms with E-state index in [1.807, 2.05) is 19.1 Å². The molecule has 1 atom stereocenters. The van der Waals surface area contributed by atoms with Gasteiger partial charge in [-0.3, -0.25) is 0 Å². The van der Waals surface area contributed by atoms with Crippen LogP contribution in [0.4, 0.5) is 13.2 Å². The van der Waals surface area contributed by atoms with Gasteiger partial charge < -0.3 is 5.32 Å². The van der Waals surface area contributed by atoms with E-state index in [1.165, 1.54) is 15.6 Å². The normalized spacial score (nSPS) is 13.9. The van der Waals surface area contributed by atoms with Crippen molar-refractivity contribution in [2.75, 3.05) is 13.1 Å². The van der Waals surface area contributed by atoms with Crippen molar-refractivity contribution in [2.24, 2.45) is 5.92 Å². The molecule has 0 saturated carbocycles. The van der Waals surface area contributed by atoms with Gasteiger partial charge in [-0.2, -0.15) is 13.2 Å². The minimum absolute atomic E-state index is 0.181. The van der Waals surface area contributed by atoms with Gasteiger partial charge in [-0.15, -0.1) is 11.3 Å². The van der Waals surface area contributed by atoms with Gasteiger partial charge in [0.2, 0.25) is 0 Å². The lowest BCUT2D eigenvalue weighted by molar-refractivity contribution is -0.125. The average Bonchev–Trinajstić information content (AvgIpc) is 2.71. The largest absolute Gasteiger partial charge is 0.401 e. The Morgan fingerprint density at radius 2 is 2.00 bits per heavy atom. The van der Waals surface area contributed by atoms with Gasteiger partial charge >= 0.3 is 6.18 Å². The monoisotopic (exact) mass is 287 g/mol. The van der Waals surface area contributed by atoms with Gasteiger partial charge in [0, 0.05) is 4.70 Å². The van der Waals surface area contributed by atoms with E-state index in [1.54, 1.807) is 11.3 Å². The molecule has 0 fully saturated rings. The highest BCUT2D eigenvalue weighted by Crippen LogP contribution is 2.27. The summed E-state index contributed by atoms with van der Waals surface area (Å²) in [6.45, 7) is 1.43. The number of alkyl halides is 3. The Hall–Kier alpha value is -1.07. The molecule has 0 amide bonds. The van der Waals surface area contributed by atoms with Crippen molar-refractivity contribution >= 4 is 21.4 Å². The van der Waals surface area contributed by atoms with Crippen molar-refractivity contribution in [1.82, 2.24) is 5.32 Å². The number of fused-ring (bicyclic) bond motifs is 1. The van der Waals surface area contributed by atoms with Gasteiger partial charge in [0.1, 0.15) is 0 Å². The summed E-state index contributed by atoms with van der Waals surface area (Å²) in [6, 6.07) is 8.12. The highest BCUT2D eigenvalue weighted by molar-refractivity contribution is 7.17. The number of benzene rings is 1. The maximum absolute atomic E-state index is 12.0. The minimum Gasteiger partial charge on any atom is -0.308 e. The number of halogens is 3. The standard InChI is InChI=1S/C14H16F3NS/c1-10(7-18-9-14(15,16)17)6-11-8-19-13-5-3-2-4-12(11)13/h2-5,8,10,18H,6-7,9H2,1H3. The van der Waals surface area contributed by atoms with Crippen molar-refractivity contribution in [3.8, 4) is 0 Å². The number of hydrogen-bond acceptors (Lipinski definition) is 2. The lowest BCUT2D eigenvalue weighted by Gasteiger charge is -2.13. The fraction of sp³-hybridized carbons (Fsp3) is 0.429. The van der Waals surface area contributed by atoms with E-state index in [-0.39, 0.29) is 5.92 Å². The summed E-state index contributed by atoms with van der Waals surface area (Å²) in [5.74, 6) is 0.181. The van der Waals surface area contributed by atoms with Gasteiger partial charge in [-0.05, 0) is 41.3 Å². The maximum Gasteiger partial charge on any atom is 0.401 e. The number of rotatable bonds is 5. The first-order valence-corrected chi connectivity index (χ1v) is 7.06. The van der Waals surface area contributed by atoms with Crippen molar-refractivity contribution in [1.29, 1.82) is 0 Å². The van der Waals surface area contributed by atoms with Crippen LogP contribution in [0.25, 0.3) is 10.1 Å².